The highest BCUT2D eigenvalue weighted by atomic mass is 15.4. The van der Waals surface area contributed by atoms with E-state index in [0.717, 1.165) is 25.6 Å². The second kappa shape index (κ2) is 4.97. The van der Waals surface area contributed by atoms with Crippen molar-refractivity contribution in [3.05, 3.63) is 0 Å². The topological polar surface area (TPSA) is 44.9 Å². The summed E-state index contributed by atoms with van der Waals surface area (Å²) in [6, 6.07) is 0. The molecule has 4 heteroatoms. The van der Waals surface area contributed by atoms with Gasteiger partial charge in [-0.05, 0) is 44.7 Å². The molecule has 0 radical (unpaired) electrons. The average Bonchev–Trinajstić information content (AvgIpc) is 2.60. The van der Waals surface area contributed by atoms with Gasteiger partial charge >= 0.3 is 0 Å². The minimum absolute atomic E-state index is 0.190. The molecule has 0 amide bonds. The molecule has 1 aliphatic heterocycles. The Hall–Kier alpha value is -0.770. The van der Waals surface area contributed by atoms with Gasteiger partial charge in [0.15, 0.2) is 5.96 Å². The number of rotatable bonds is 3. The molecule has 1 saturated carbocycles. The van der Waals surface area contributed by atoms with Gasteiger partial charge in [-0.15, -0.1) is 0 Å². The summed E-state index contributed by atoms with van der Waals surface area (Å²) < 4.78 is 0. The van der Waals surface area contributed by atoms with E-state index in [1.807, 2.05) is 0 Å². The van der Waals surface area contributed by atoms with E-state index in [-0.39, 0.29) is 5.54 Å². The molecule has 1 fully saturated rings. The Morgan fingerprint density at radius 3 is 2.63 bits per heavy atom. The number of hydrogen-bond donors (Lipinski definition) is 1. The van der Waals surface area contributed by atoms with Gasteiger partial charge in [0.2, 0.25) is 0 Å². The molecule has 2 N–H and O–H groups in total. The number of guanidine groups is 1. The number of nitrogens with zero attached hydrogens (tertiary/aromatic N) is 3. The summed E-state index contributed by atoms with van der Waals surface area (Å²) in [5.41, 5.74) is 6.82. The van der Waals surface area contributed by atoms with E-state index >= 15 is 0 Å². The maximum Gasteiger partial charge on any atom is 0.191 e. The van der Waals surface area contributed by atoms with Crippen molar-refractivity contribution < 1.29 is 0 Å². The molecule has 2 atom stereocenters. The Kier molecular flexibility index (Phi) is 3.83. The number of likely N-dealkylation sites (N-methyl/N-ethyl adjacent to an activating group) is 1. The minimum atomic E-state index is 0.190. The van der Waals surface area contributed by atoms with Crippen molar-refractivity contribution in [3.8, 4) is 0 Å². The fourth-order valence-corrected chi connectivity index (χ4v) is 3.81. The van der Waals surface area contributed by atoms with Gasteiger partial charge in [-0.2, -0.15) is 0 Å². The fourth-order valence-electron chi connectivity index (χ4n) is 3.81. The molecule has 0 aromatic carbocycles. The van der Waals surface area contributed by atoms with Gasteiger partial charge in [0.1, 0.15) is 0 Å². The molecule has 2 aliphatic rings. The molecule has 19 heavy (non-hydrogen) atoms. The zero-order valence-electron chi connectivity index (χ0n) is 13.2. The molecular formula is C15H30N4. The number of aliphatic imine (C=N–C) groups is 1. The normalized spacial score (nSPS) is 34.1. The predicted molar refractivity (Wildman–Crippen MR) is 81.3 cm³/mol. The quantitative estimate of drug-likeness (QED) is 0.846. The molecule has 0 saturated heterocycles. The van der Waals surface area contributed by atoms with Crippen LogP contribution in [0.1, 0.15) is 40.0 Å². The third kappa shape index (κ3) is 2.73. The Morgan fingerprint density at radius 2 is 2.05 bits per heavy atom. The van der Waals surface area contributed by atoms with E-state index in [9.17, 15) is 0 Å². The summed E-state index contributed by atoms with van der Waals surface area (Å²) in [7, 11) is 4.23. The molecule has 2 unspecified atom stereocenters. The number of hydrogen-bond acceptors (Lipinski definition) is 4. The van der Waals surface area contributed by atoms with E-state index < -0.39 is 0 Å². The average molecular weight is 266 g/mol. The molecule has 0 aromatic heterocycles. The van der Waals surface area contributed by atoms with E-state index in [1.54, 1.807) is 0 Å². The maximum atomic E-state index is 6.16. The molecule has 1 heterocycles. The van der Waals surface area contributed by atoms with E-state index in [2.05, 4.69) is 49.7 Å². The van der Waals surface area contributed by atoms with Gasteiger partial charge in [0, 0.05) is 13.1 Å². The predicted octanol–water partition coefficient (Wildman–Crippen LogP) is 1.76. The van der Waals surface area contributed by atoms with Crippen LogP contribution in [-0.4, -0.2) is 55.0 Å². The number of nitrogens with two attached hydrogens (primary N) is 1. The Labute approximate surface area is 118 Å². The lowest BCUT2D eigenvalue weighted by Gasteiger charge is -2.51. The molecule has 4 nitrogen and oxygen atoms in total. The minimum Gasteiger partial charge on any atom is -0.370 e. The Bertz CT molecular complexity index is 361. The summed E-state index contributed by atoms with van der Waals surface area (Å²) >= 11 is 0. The highest BCUT2D eigenvalue weighted by molar-refractivity contribution is 5.81. The van der Waals surface area contributed by atoms with Crippen LogP contribution in [0.3, 0.4) is 0 Å². The van der Waals surface area contributed by atoms with Crippen molar-refractivity contribution in [2.75, 3.05) is 33.7 Å². The van der Waals surface area contributed by atoms with Gasteiger partial charge in [-0.25, -0.2) is 0 Å². The van der Waals surface area contributed by atoms with Crippen LogP contribution < -0.4 is 5.73 Å². The van der Waals surface area contributed by atoms with Crippen LogP contribution >= 0.6 is 0 Å². The van der Waals surface area contributed by atoms with Gasteiger partial charge in [-0.1, -0.05) is 20.8 Å². The second-order valence-corrected chi connectivity index (χ2v) is 7.50. The zero-order valence-corrected chi connectivity index (χ0v) is 13.2. The van der Waals surface area contributed by atoms with Crippen molar-refractivity contribution in [1.82, 2.24) is 9.80 Å². The monoisotopic (exact) mass is 266 g/mol. The van der Waals surface area contributed by atoms with Crippen LogP contribution in [0.15, 0.2) is 4.99 Å². The first-order chi connectivity index (χ1) is 8.77. The van der Waals surface area contributed by atoms with Gasteiger partial charge in [0.05, 0.1) is 12.1 Å². The lowest BCUT2D eigenvalue weighted by Crippen LogP contribution is -2.59. The lowest BCUT2D eigenvalue weighted by molar-refractivity contribution is 0.0260. The molecule has 1 spiro atoms. The summed E-state index contributed by atoms with van der Waals surface area (Å²) in [5, 5.41) is 0. The second-order valence-electron chi connectivity index (χ2n) is 7.50. The fraction of sp³-hybridized carbons (Fsp3) is 0.933. The van der Waals surface area contributed by atoms with Crippen molar-refractivity contribution in [2.24, 2.45) is 22.1 Å². The molecular weight excluding hydrogens is 236 g/mol. The largest absolute Gasteiger partial charge is 0.370 e. The van der Waals surface area contributed by atoms with Crippen molar-refractivity contribution in [3.63, 3.8) is 0 Å². The third-order valence-corrected chi connectivity index (χ3v) is 5.11. The van der Waals surface area contributed by atoms with Crippen LogP contribution in [0.4, 0.5) is 0 Å². The zero-order chi connectivity index (χ0) is 14.3. The summed E-state index contributed by atoms with van der Waals surface area (Å²) in [6.07, 6.45) is 3.77. The molecule has 1 aliphatic carbocycles. The Morgan fingerprint density at radius 1 is 1.37 bits per heavy atom. The SMILES string of the molecule is CC1CC(C)(C)CCC12CN=C(N)N2CCN(C)C. The first-order valence-electron chi connectivity index (χ1n) is 7.49. The van der Waals surface area contributed by atoms with Crippen molar-refractivity contribution in [1.29, 1.82) is 0 Å². The maximum absolute atomic E-state index is 6.16. The van der Waals surface area contributed by atoms with Gasteiger partial charge in [0.25, 0.3) is 0 Å². The van der Waals surface area contributed by atoms with Crippen molar-refractivity contribution in [2.45, 2.75) is 45.6 Å². The summed E-state index contributed by atoms with van der Waals surface area (Å²) in [6.45, 7) is 10.1. The molecule has 0 bridgehead atoms. The van der Waals surface area contributed by atoms with Crippen molar-refractivity contribution >= 4 is 5.96 Å². The molecule has 0 aromatic rings. The first-order valence-corrected chi connectivity index (χ1v) is 7.49. The van der Waals surface area contributed by atoms with Crippen LogP contribution in [-0.2, 0) is 0 Å². The highest BCUT2D eigenvalue weighted by Gasteiger charge is 2.50. The van der Waals surface area contributed by atoms with Gasteiger partial charge < -0.3 is 15.5 Å². The van der Waals surface area contributed by atoms with E-state index in [0.29, 0.717) is 11.3 Å². The smallest absolute Gasteiger partial charge is 0.191 e. The van der Waals surface area contributed by atoms with Crippen LogP contribution in [0.5, 0.6) is 0 Å². The first kappa shape index (κ1) is 14.6. The van der Waals surface area contributed by atoms with Gasteiger partial charge in [-0.3, -0.25) is 4.99 Å². The van der Waals surface area contributed by atoms with E-state index in [1.165, 1.54) is 19.3 Å². The highest BCUT2D eigenvalue weighted by Crippen LogP contribution is 2.48. The van der Waals surface area contributed by atoms with Crippen LogP contribution in [0.2, 0.25) is 0 Å². The third-order valence-electron chi connectivity index (χ3n) is 5.11. The Balaban J connectivity index is 2.13. The van der Waals surface area contributed by atoms with Crippen LogP contribution in [0.25, 0.3) is 0 Å². The van der Waals surface area contributed by atoms with Crippen LogP contribution in [0, 0.1) is 11.3 Å². The van der Waals surface area contributed by atoms with E-state index in [4.69, 9.17) is 5.73 Å². The molecule has 2 rings (SSSR count). The lowest BCUT2D eigenvalue weighted by atomic mass is 9.63. The standard InChI is InChI=1S/C15H30N4/c1-12-10-14(2,3)6-7-15(12)11-17-13(16)19(15)9-8-18(4)5/h12H,6-11H2,1-5H3,(H2,16,17). The molecule has 110 valence electrons. The summed E-state index contributed by atoms with van der Waals surface area (Å²) in [5.74, 6) is 1.41. The summed E-state index contributed by atoms with van der Waals surface area (Å²) in [4.78, 5) is 9.19.